The summed E-state index contributed by atoms with van der Waals surface area (Å²) in [7, 11) is 0. The molecule has 0 aliphatic heterocycles. The van der Waals surface area contributed by atoms with Crippen molar-refractivity contribution < 1.29 is 4.79 Å². The fourth-order valence-electron chi connectivity index (χ4n) is 1.98. The van der Waals surface area contributed by atoms with Crippen molar-refractivity contribution in [2.45, 2.75) is 23.9 Å². The Hall–Kier alpha value is -1.48. The number of anilines is 2. The number of benzene rings is 1. The van der Waals surface area contributed by atoms with Gasteiger partial charge in [-0.25, -0.2) is 4.98 Å². The van der Waals surface area contributed by atoms with Crippen molar-refractivity contribution in [2.24, 2.45) is 0 Å². The number of halogens is 1. The van der Waals surface area contributed by atoms with Crippen molar-refractivity contribution in [2.75, 3.05) is 4.90 Å². The number of thiazole rings is 1. The summed E-state index contributed by atoms with van der Waals surface area (Å²) in [6.45, 7) is 3.44. The van der Waals surface area contributed by atoms with E-state index >= 15 is 0 Å². The average Bonchev–Trinajstić information content (AvgIpc) is 3.14. The summed E-state index contributed by atoms with van der Waals surface area (Å²) >= 11 is 10.6. The zero-order chi connectivity index (χ0) is 17.1. The van der Waals surface area contributed by atoms with E-state index in [2.05, 4.69) is 15.2 Å². The molecule has 0 fully saturated rings. The van der Waals surface area contributed by atoms with Crippen LogP contribution in [0, 0.1) is 6.92 Å². The van der Waals surface area contributed by atoms with E-state index in [0.29, 0.717) is 21.6 Å². The molecule has 0 radical (unpaired) electrons. The molecule has 0 aliphatic rings. The Bertz CT molecular complexity index is 864. The van der Waals surface area contributed by atoms with Crippen LogP contribution >= 0.6 is 46.0 Å². The Balaban J connectivity index is 1.78. The second kappa shape index (κ2) is 7.60. The summed E-state index contributed by atoms with van der Waals surface area (Å²) in [6, 6.07) is 7.18. The SMILES string of the molecule is CC(=O)N(c1cccc(Cl)c1)c1nc(CSc2nnc(C)s2)cs1. The van der Waals surface area contributed by atoms with E-state index in [9.17, 15) is 4.79 Å². The normalized spacial score (nSPS) is 10.8. The van der Waals surface area contributed by atoms with Crippen molar-refractivity contribution in [3.63, 3.8) is 0 Å². The number of rotatable bonds is 5. The molecule has 0 saturated carbocycles. The number of hydrogen-bond donors (Lipinski definition) is 0. The van der Waals surface area contributed by atoms with Gasteiger partial charge in [0.05, 0.1) is 11.4 Å². The monoisotopic (exact) mass is 396 g/mol. The smallest absolute Gasteiger partial charge is 0.230 e. The fraction of sp³-hybridized carbons (Fsp3) is 0.200. The first kappa shape index (κ1) is 17.3. The van der Waals surface area contributed by atoms with Crippen molar-refractivity contribution in [3.8, 4) is 0 Å². The predicted molar refractivity (Wildman–Crippen MR) is 101 cm³/mol. The quantitative estimate of drug-likeness (QED) is 0.572. The molecular weight excluding hydrogens is 384 g/mol. The molecule has 0 saturated heterocycles. The Morgan fingerprint density at radius 2 is 2.21 bits per heavy atom. The lowest BCUT2D eigenvalue weighted by Gasteiger charge is -2.18. The third kappa shape index (κ3) is 4.13. The van der Waals surface area contributed by atoms with Gasteiger partial charge >= 0.3 is 0 Å². The lowest BCUT2D eigenvalue weighted by molar-refractivity contribution is -0.115. The van der Waals surface area contributed by atoms with Crippen LogP contribution in [-0.2, 0) is 10.5 Å². The van der Waals surface area contributed by atoms with Crippen LogP contribution in [0.2, 0.25) is 5.02 Å². The van der Waals surface area contributed by atoms with Crippen LogP contribution in [-0.4, -0.2) is 21.1 Å². The summed E-state index contributed by atoms with van der Waals surface area (Å²) in [5, 5.41) is 12.2. The largest absolute Gasteiger partial charge is 0.274 e. The van der Waals surface area contributed by atoms with Gasteiger partial charge in [-0.3, -0.25) is 9.69 Å². The van der Waals surface area contributed by atoms with E-state index in [1.807, 2.05) is 24.4 Å². The van der Waals surface area contributed by atoms with Gasteiger partial charge in [-0.2, -0.15) is 0 Å². The third-order valence-electron chi connectivity index (χ3n) is 2.96. The van der Waals surface area contributed by atoms with Crippen molar-refractivity contribution in [1.82, 2.24) is 15.2 Å². The highest BCUT2D eigenvalue weighted by Crippen LogP contribution is 2.32. The molecule has 1 aromatic carbocycles. The molecule has 2 aromatic heterocycles. The number of carbonyl (C=O) groups is 1. The molecule has 0 aliphatic carbocycles. The van der Waals surface area contributed by atoms with Gasteiger partial charge in [0, 0.05) is 23.1 Å². The molecule has 124 valence electrons. The highest BCUT2D eigenvalue weighted by atomic mass is 35.5. The second-order valence-electron chi connectivity index (χ2n) is 4.83. The summed E-state index contributed by atoms with van der Waals surface area (Å²) in [4.78, 5) is 18.2. The summed E-state index contributed by atoms with van der Waals surface area (Å²) < 4.78 is 0.917. The summed E-state index contributed by atoms with van der Waals surface area (Å²) in [5.74, 6) is 0.581. The molecule has 0 bridgehead atoms. The van der Waals surface area contributed by atoms with Crippen LogP contribution in [0.3, 0.4) is 0 Å². The molecule has 1 amide bonds. The minimum atomic E-state index is -0.106. The highest BCUT2D eigenvalue weighted by molar-refractivity contribution is 8.00. The summed E-state index contributed by atoms with van der Waals surface area (Å²) in [6.07, 6.45) is 0. The first-order valence-electron chi connectivity index (χ1n) is 6.96. The molecule has 0 N–H and O–H groups in total. The number of amides is 1. The Kier molecular flexibility index (Phi) is 5.50. The van der Waals surface area contributed by atoms with Gasteiger partial charge in [0.25, 0.3) is 0 Å². The molecule has 3 rings (SSSR count). The van der Waals surface area contributed by atoms with Gasteiger partial charge in [-0.15, -0.1) is 21.5 Å². The van der Waals surface area contributed by atoms with Crippen molar-refractivity contribution >= 4 is 62.8 Å². The minimum absolute atomic E-state index is 0.106. The Morgan fingerprint density at radius 3 is 2.88 bits per heavy atom. The third-order valence-corrected chi connectivity index (χ3v) is 6.08. The Labute approximate surface area is 156 Å². The van der Waals surface area contributed by atoms with E-state index in [-0.39, 0.29) is 5.91 Å². The van der Waals surface area contributed by atoms with Crippen LogP contribution in [0.15, 0.2) is 34.0 Å². The summed E-state index contributed by atoms with van der Waals surface area (Å²) in [5.41, 5.74) is 1.62. The zero-order valence-electron chi connectivity index (χ0n) is 12.9. The van der Waals surface area contributed by atoms with Crippen LogP contribution in [0.1, 0.15) is 17.6 Å². The number of nitrogens with zero attached hydrogens (tertiary/aromatic N) is 4. The van der Waals surface area contributed by atoms with Gasteiger partial charge in [0.15, 0.2) is 9.47 Å². The van der Waals surface area contributed by atoms with Gasteiger partial charge in [0.2, 0.25) is 5.91 Å². The molecule has 0 unspecified atom stereocenters. The number of hydrogen-bond acceptors (Lipinski definition) is 7. The molecule has 9 heteroatoms. The van der Waals surface area contributed by atoms with Crippen LogP contribution in [0.4, 0.5) is 10.8 Å². The molecule has 0 atom stereocenters. The van der Waals surface area contributed by atoms with E-state index in [4.69, 9.17) is 11.6 Å². The maximum Gasteiger partial charge on any atom is 0.230 e. The van der Waals surface area contributed by atoms with E-state index in [1.165, 1.54) is 18.3 Å². The topological polar surface area (TPSA) is 59.0 Å². The van der Waals surface area contributed by atoms with E-state index in [1.54, 1.807) is 40.1 Å². The van der Waals surface area contributed by atoms with Crippen LogP contribution < -0.4 is 4.90 Å². The molecule has 24 heavy (non-hydrogen) atoms. The van der Waals surface area contributed by atoms with Crippen LogP contribution in [0.25, 0.3) is 0 Å². The molecule has 0 spiro atoms. The number of aromatic nitrogens is 3. The lowest BCUT2D eigenvalue weighted by atomic mass is 10.3. The number of aryl methyl sites for hydroxylation is 1. The minimum Gasteiger partial charge on any atom is -0.274 e. The standard InChI is InChI=1S/C15H13ClN4OS3/c1-9-18-19-15(24-9)23-8-12-7-22-14(17-12)20(10(2)21)13-5-3-4-11(16)6-13/h3-7H,8H2,1-2H3. The van der Waals surface area contributed by atoms with Gasteiger partial charge in [0.1, 0.15) is 5.01 Å². The zero-order valence-corrected chi connectivity index (χ0v) is 16.1. The number of thioether (sulfide) groups is 1. The maximum atomic E-state index is 12.1. The first-order valence-corrected chi connectivity index (χ1v) is 10.0. The van der Waals surface area contributed by atoms with E-state index < -0.39 is 0 Å². The van der Waals surface area contributed by atoms with Gasteiger partial charge in [-0.1, -0.05) is 40.8 Å². The van der Waals surface area contributed by atoms with Gasteiger partial charge < -0.3 is 0 Å². The average molecular weight is 397 g/mol. The Morgan fingerprint density at radius 1 is 1.38 bits per heavy atom. The lowest BCUT2D eigenvalue weighted by Crippen LogP contribution is -2.22. The van der Waals surface area contributed by atoms with Crippen molar-refractivity contribution in [1.29, 1.82) is 0 Å². The molecular formula is C15H13ClN4OS3. The fourth-order valence-corrected chi connectivity index (χ4v) is 4.86. The van der Waals surface area contributed by atoms with Crippen molar-refractivity contribution in [3.05, 3.63) is 45.4 Å². The molecule has 5 nitrogen and oxygen atoms in total. The van der Waals surface area contributed by atoms with E-state index in [0.717, 1.165) is 15.0 Å². The molecule has 2 heterocycles. The second-order valence-corrected chi connectivity index (χ2v) is 8.51. The maximum absolute atomic E-state index is 12.1. The first-order chi connectivity index (χ1) is 11.5. The van der Waals surface area contributed by atoms with Gasteiger partial charge in [-0.05, 0) is 25.1 Å². The molecule has 3 aromatic rings. The highest BCUT2D eigenvalue weighted by Gasteiger charge is 2.18. The van der Waals surface area contributed by atoms with Crippen LogP contribution in [0.5, 0.6) is 0 Å². The predicted octanol–water partition coefficient (Wildman–Crippen LogP) is 4.93. The number of carbonyl (C=O) groups excluding carboxylic acids is 1.